The van der Waals surface area contributed by atoms with Crippen LogP contribution in [0.5, 0.6) is 0 Å². The van der Waals surface area contributed by atoms with Crippen LogP contribution in [0.4, 0.5) is 0 Å². The van der Waals surface area contributed by atoms with Crippen LogP contribution < -0.4 is 5.32 Å². The average molecular weight is 193 g/mol. The molecule has 1 fully saturated rings. The van der Waals surface area contributed by atoms with E-state index in [1.54, 1.807) is 0 Å². The van der Waals surface area contributed by atoms with Gasteiger partial charge in [-0.3, -0.25) is 0 Å². The number of hydrogen-bond acceptors (Lipinski definition) is 1. The SMILES string of the molecule is C1CCNC1.CC.Cc1ccccc1. The summed E-state index contributed by atoms with van der Waals surface area (Å²) in [6.45, 7) is 8.58. The van der Waals surface area contributed by atoms with E-state index in [-0.39, 0.29) is 0 Å². The van der Waals surface area contributed by atoms with Crippen LogP contribution in [0, 0.1) is 6.92 Å². The number of aryl methyl sites for hydroxylation is 1. The molecular weight excluding hydrogens is 170 g/mol. The standard InChI is InChI=1S/C7H8.C4H9N.C2H6/c1-7-5-3-2-4-6-7;1-2-4-5-3-1;1-2/h2-6H,1H3;5H,1-4H2;1-2H3. The summed E-state index contributed by atoms with van der Waals surface area (Å²) in [6.07, 6.45) is 2.78. The largest absolute Gasteiger partial charge is 0.317 e. The second kappa shape index (κ2) is 10.3. The summed E-state index contributed by atoms with van der Waals surface area (Å²) in [5, 5.41) is 3.22. The van der Waals surface area contributed by atoms with Gasteiger partial charge < -0.3 is 5.32 Å². The molecule has 1 aliphatic heterocycles. The van der Waals surface area contributed by atoms with Gasteiger partial charge in [-0.05, 0) is 32.9 Å². The molecule has 0 unspecified atom stereocenters. The summed E-state index contributed by atoms with van der Waals surface area (Å²) >= 11 is 0. The summed E-state index contributed by atoms with van der Waals surface area (Å²) in [4.78, 5) is 0. The van der Waals surface area contributed by atoms with Crippen molar-refractivity contribution in [1.29, 1.82) is 0 Å². The maximum atomic E-state index is 3.22. The fourth-order valence-electron chi connectivity index (χ4n) is 1.16. The lowest BCUT2D eigenvalue weighted by Gasteiger charge is -1.82. The zero-order valence-electron chi connectivity index (χ0n) is 9.72. The van der Waals surface area contributed by atoms with Crippen LogP contribution in [0.1, 0.15) is 32.3 Å². The molecule has 0 radical (unpaired) electrons. The fraction of sp³-hybridized carbons (Fsp3) is 0.538. The summed E-state index contributed by atoms with van der Waals surface area (Å²) in [5.74, 6) is 0. The Balaban J connectivity index is 0.000000213. The van der Waals surface area contributed by atoms with Crippen LogP contribution in [0.2, 0.25) is 0 Å². The number of nitrogens with one attached hydrogen (secondary N) is 1. The van der Waals surface area contributed by atoms with Crippen molar-refractivity contribution >= 4 is 0 Å². The molecule has 0 spiro atoms. The lowest BCUT2D eigenvalue weighted by molar-refractivity contribution is 0.857. The molecule has 1 aromatic carbocycles. The summed E-state index contributed by atoms with van der Waals surface area (Å²) in [5.41, 5.74) is 1.32. The Morgan fingerprint density at radius 1 is 0.929 bits per heavy atom. The number of rotatable bonds is 0. The molecule has 0 saturated carbocycles. The number of hydrogen-bond donors (Lipinski definition) is 1. The molecule has 0 atom stereocenters. The smallest absolute Gasteiger partial charge is 0.00484 e. The van der Waals surface area contributed by atoms with Crippen LogP contribution >= 0.6 is 0 Å². The third-order valence-electron chi connectivity index (χ3n) is 1.90. The van der Waals surface area contributed by atoms with E-state index in [1.807, 2.05) is 32.0 Å². The van der Waals surface area contributed by atoms with E-state index in [0.29, 0.717) is 0 Å². The second-order valence-electron chi connectivity index (χ2n) is 3.11. The number of benzene rings is 1. The van der Waals surface area contributed by atoms with Crippen LogP contribution in [0.15, 0.2) is 30.3 Å². The van der Waals surface area contributed by atoms with Crippen molar-refractivity contribution in [2.24, 2.45) is 0 Å². The predicted octanol–water partition coefficient (Wildman–Crippen LogP) is 3.39. The van der Waals surface area contributed by atoms with Crippen molar-refractivity contribution < 1.29 is 0 Å². The first-order valence-corrected chi connectivity index (χ1v) is 5.62. The summed E-state index contributed by atoms with van der Waals surface area (Å²) in [7, 11) is 0. The molecule has 1 aliphatic rings. The normalized spacial score (nSPS) is 13.4. The van der Waals surface area contributed by atoms with Gasteiger partial charge in [0.1, 0.15) is 0 Å². The van der Waals surface area contributed by atoms with Crippen molar-refractivity contribution in [3.05, 3.63) is 35.9 Å². The molecule has 1 saturated heterocycles. The molecule has 0 amide bonds. The van der Waals surface area contributed by atoms with Crippen molar-refractivity contribution in [3.63, 3.8) is 0 Å². The van der Waals surface area contributed by atoms with Gasteiger partial charge in [0.2, 0.25) is 0 Å². The van der Waals surface area contributed by atoms with Gasteiger partial charge >= 0.3 is 0 Å². The Morgan fingerprint density at radius 2 is 1.43 bits per heavy atom. The van der Waals surface area contributed by atoms with E-state index < -0.39 is 0 Å². The predicted molar refractivity (Wildman–Crippen MR) is 64.6 cm³/mol. The van der Waals surface area contributed by atoms with Crippen molar-refractivity contribution in [2.45, 2.75) is 33.6 Å². The Kier molecular flexibility index (Phi) is 9.66. The van der Waals surface area contributed by atoms with Gasteiger partial charge in [0.05, 0.1) is 0 Å². The van der Waals surface area contributed by atoms with Gasteiger partial charge in [0, 0.05) is 0 Å². The Hall–Kier alpha value is -0.820. The average Bonchev–Trinajstić information content (AvgIpc) is 2.80. The van der Waals surface area contributed by atoms with Gasteiger partial charge in [-0.25, -0.2) is 0 Å². The van der Waals surface area contributed by atoms with Gasteiger partial charge in [0.25, 0.3) is 0 Å². The van der Waals surface area contributed by atoms with Crippen LogP contribution in [-0.4, -0.2) is 13.1 Å². The van der Waals surface area contributed by atoms with Gasteiger partial charge in [-0.2, -0.15) is 0 Å². The van der Waals surface area contributed by atoms with E-state index in [1.165, 1.54) is 31.5 Å². The van der Waals surface area contributed by atoms with E-state index >= 15 is 0 Å². The highest BCUT2D eigenvalue weighted by Gasteiger charge is 1.93. The van der Waals surface area contributed by atoms with Crippen LogP contribution in [0.25, 0.3) is 0 Å². The summed E-state index contributed by atoms with van der Waals surface area (Å²) in [6, 6.07) is 10.3. The topological polar surface area (TPSA) is 12.0 Å². The quantitative estimate of drug-likeness (QED) is 0.666. The van der Waals surface area contributed by atoms with E-state index in [4.69, 9.17) is 0 Å². The molecule has 1 heterocycles. The lowest BCUT2D eigenvalue weighted by Crippen LogP contribution is -2.03. The molecule has 0 aliphatic carbocycles. The van der Waals surface area contributed by atoms with Gasteiger partial charge in [0.15, 0.2) is 0 Å². The van der Waals surface area contributed by atoms with Crippen LogP contribution in [-0.2, 0) is 0 Å². The fourth-order valence-corrected chi connectivity index (χ4v) is 1.16. The van der Waals surface area contributed by atoms with Crippen molar-refractivity contribution in [3.8, 4) is 0 Å². The monoisotopic (exact) mass is 193 g/mol. The molecule has 1 N–H and O–H groups in total. The van der Waals surface area contributed by atoms with Crippen LogP contribution in [0.3, 0.4) is 0 Å². The third-order valence-corrected chi connectivity index (χ3v) is 1.90. The molecule has 14 heavy (non-hydrogen) atoms. The zero-order valence-corrected chi connectivity index (χ0v) is 9.72. The molecule has 2 rings (SSSR count). The van der Waals surface area contributed by atoms with Gasteiger partial charge in [-0.15, -0.1) is 0 Å². The highest BCUT2D eigenvalue weighted by molar-refractivity contribution is 5.11. The Morgan fingerprint density at radius 3 is 1.64 bits per heavy atom. The maximum Gasteiger partial charge on any atom is -0.00484 e. The first-order chi connectivity index (χ1) is 6.89. The highest BCUT2D eigenvalue weighted by atomic mass is 14.9. The third kappa shape index (κ3) is 7.81. The molecule has 80 valence electrons. The minimum Gasteiger partial charge on any atom is -0.317 e. The van der Waals surface area contributed by atoms with E-state index in [9.17, 15) is 0 Å². The van der Waals surface area contributed by atoms with Crippen molar-refractivity contribution in [1.82, 2.24) is 5.32 Å². The first kappa shape index (κ1) is 13.2. The highest BCUT2D eigenvalue weighted by Crippen LogP contribution is 1.92. The molecule has 0 bridgehead atoms. The minimum atomic E-state index is 1.25. The Labute approximate surface area is 88.5 Å². The van der Waals surface area contributed by atoms with Gasteiger partial charge in [-0.1, -0.05) is 49.7 Å². The first-order valence-electron chi connectivity index (χ1n) is 5.62. The molecule has 0 aromatic heterocycles. The maximum absolute atomic E-state index is 3.22. The zero-order chi connectivity index (χ0) is 10.6. The second-order valence-corrected chi connectivity index (χ2v) is 3.11. The van der Waals surface area contributed by atoms with E-state index in [0.717, 1.165) is 0 Å². The molecule has 1 heteroatoms. The molecule has 1 aromatic rings. The van der Waals surface area contributed by atoms with Crippen molar-refractivity contribution in [2.75, 3.05) is 13.1 Å². The minimum absolute atomic E-state index is 1.25. The van der Waals surface area contributed by atoms with E-state index in [2.05, 4.69) is 24.4 Å². The summed E-state index contributed by atoms with van der Waals surface area (Å²) < 4.78 is 0. The Bertz CT molecular complexity index is 182. The molecular formula is C13H23N. The lowest BCUT2D eigenvalue weighted by atomic mass is 10.2. The molecule has 1 nitrogen and oxygen atoms in total.